The average Bonchev–Trinajstić information content (AvgIpc) is 2.09. The van der Waals surface area contributed by atoms with Crippen molar-refractivity contribution in [3.8, 4) is 18.1 Å². The molecule has 0 aliphatic heterocycles. The number of hydrogen-bond donors (Lipinski definition) is 0. The standard InChI is InChI=1S/C11H11ClO/c1-3-4-7-13-11-6-5-10(12)8-9(11)2/h1,5-6,8H,4,7H2,2H3. The van der Waals surface area contributed by atoms with Crippen molar-refractivity contribution in [2.45, 2.75) is 13.3 Å². The molecule has 0 spiro atoms. The molecule has 0 N–H and O–H groups in total. The molecule has 0 aliphatic rings. The van der Waals surface area contributed by atoms with Crippen molar-refractivity contribution in [1.82, 2.24) is 0 Å². The zero-order valence-corrected chi connectivity index (χ0v) is 8.27. The van der Waals surface area contributed by atoms with Crippen LogP contribution in [0.5, 0.6) is 5.75 Å². The Morgan fingerprint density at radius 2 is 2.31 bits per heavy atom. The van der Waals surface area contributed by atoms with Crippen LogP contribution in [0.1, 0.15) is 12.0 Å². The van der Waals surface area contributed by atoms with E-state index in [1.807, 2.05) is 19.1 Å². The molecular formula is C11H11ClO. The third kappa shape index (κ3) is 3.01. The van der Waals surface area contributed by atoms with Gasteiger partial charge < -0.3 is 4.74 Å². The molecule has 1 nitrogen and oxygen atoms in total. The number of ether oxygens (including phenoxy) is 1. The van der Waals surface area contributed by atoms with Gasteiger partial charge in [0.25, 0.3) is 0 Å². The first-order valence-electron chi connectivity index (χ1n) is 4.06. The van der Waals surface area contributed by atoms with Gasteiger partial charge in [-0.25, -0.2) is 0 Å². The van der Waals surface area contributed by atoms with Gasteiger partial charge in [-0.1, -0.05) is 11.6 Å². The fraction of sp³-hybridized carbons (Fsp3) is 0.273. The summed E-state index contributed by atoms with van der Waals surface area (Å²) in [6, 6.07) is 5.53. The molecule has 13 heavy (non-hydrogen) atoms. The normalized spacial score (nSPS) is 9.31. The second-order valence-electron chi connectivity index (χ2n) is 2.71. The number of rotatable bonds is 3. The average molecular weight is 195 g/mol. The van der Waals surface area contributed by atoms with Gasteiger partial charge in [0.1, 0.15) is 5.75 Å². The first-order valence-corrected chi connectivity index (χ1v) is 4.44. The van der Waals surface area contributed by atoms with E-state index in [1.54, 1.807) is 6.07 Å². The van der Waals surface area contributed by atoms with Crippen LogP contribution in [0, 0.1) is 19.3 Å². The third-order valence-electron chi connectivity index (χ3n) is 1.64. The maximum atomic E-state index is 5.79. The Balaban J connectivity index is 2.62. The van der Waals surface area contributed by atoms with E-state index < -0.39 is 0 Å². The highest BCUT2D eigenvalue weighted by Crippen LogP contribution is 2.21. The summed E-state index contributed by atoms with van der Waals surface area (Å²) in [6.45, 7) is 2.51. The van der Waals surface area contributed by atoms with Gasteiger partial charge in [0.15, 0.2) is 0 Å². The van der Waals surface area contributed by atoms with Crippen molar-refractivity contribution in [3.63, 3.8) is 0 Å². The van der Waals surface area contributed by atoms with E-state index in [2.05, 4.69) is 5.92 Å². The highest BCUT2D eigenvalue weighted by atomic mass is 35.5. The van der Waals surface area contributed by atoms with Crippen molar-refractivity contribution in [2.24, 2.45) is 0 Å². The molecule has 0 bridgehead atoms. The fourth-order valence-electron chi connectivity index (χ4n) is 0.995. The molecule has 0 amide bonds. The lowest BCUT2D eigenvalue weighted by atomic mass is 10.2. The molecule has 0 saturated carbocycles. The minimum atomic E-state index is 0.555. The summed E-state index contributed by atoms with van der Waals surface area (Å²) in [4.78, 5) is 0. The Morgan fingerprint density at radius 1 is 1.54 bits per heavy atom. The summed E-state index contributed by atoms with van der Waals surface area (Å²) < 4.78 is 5.43. The van der Waals surface area contributed by atoms with Crippen LogP contribution in [-0.4, -0.2) is 6.61 Å². The molecule has 1 aromatic carbocycles. The number of hydrogen-bond acceptors (Lipinski definition) is 1. The zero-order valence-electron chi connectivity index (χ0n) is 7.51. The Labute approximate surface area is 83.7 Å². The van der Waals surface area contributed by atoms with E-state index in [1.165, 1.54) is 0 Å². The van der Waals surface area contributed by atoms with Gasteiger partial charge in [0, 0.05) is 11.4 Å². The van der Waals surface area contributed by atoms with Crippen LogP contribution in [-0.2, 0) is 0 Å². The molecule has 1 aromatic rings. The van der Waals surface area contributed by atoms with Gasteiger partial charge in [-0.2, -0.15) is 0 Å². The van der Waals surface area contributed by atoms with E-state index >= 15 is 0 Å². The Bertz CT molecular complexity index is 325. The molecule has 0 saturated heterocycles. The molecule has 0 fully saturated rings. The fourth-order valence-corrected chi connectivity index (χ4v) is 1.22. The van der Waals surface area contributed by atoms with E-state index in [0.29, 0.717) is 13.0 Å². The minimum absolute atomic E-state index is 0.555. The van der Waals surface area contributed by atoms with Crippen LogP contribution < -0.4 is 4.74 Å². The van der Waals surface area contributed by atoms with Gasteiger partial charge in [0.05, 0.1) is 6.61 Å². The molecular weight excluding hydrogens is 184 g/mol. The van der Waals surface area contributed by atoms with Crippen molar-refractivity contribution < 1.29 is 4.74 Å². The molecule has 0 heterocycles. The largest absolute Gasteiger partial charge is 0.492 e. The molecule has 0 aliphatic carbocycles. The number of halogens is 1. The zero-order chi connectivity index (χ0) is 9.68. The van der Waals surface area contributed by atoms with Gasteiger partial charge in [-0.05, 0) is 30.7 Å². The first-order chi connectivity index (χ1) is 6.24. The quantitative estimate of drug-likeness (QED) is 0.531. The number of terminal acetylenes is 1. The van der Waals surface area contributed by atoms with Crippen LogP contribution in [0.15, 0.2) is 18.2 Å². The van der Waals surface area contributed by atoms with Crippen molar-refractivity contribution in [3.05, 3.63) is 28.8 Å². The Morgan fingerprint density at radius 3 is 2.92 bits per heavy atom. The Hall–Kier alpha value is -1.13. The van der Waals surface area contributed by atoms with Crippen LogP contribution in [0.4, 0.5) is 0 Å². The minimum Gasteiger partial charge on any atom is -0.492 e. The molecule has 0 aromatic heterocycles. The summed E-state index contributed by atoms with van der Waals surface area (Å²) in [6.07, 6.45) is 5.73. The smallest absolute Gasteiger partial charge is 0.122 e. The maximum Gasteiger partial charge on any atom is 0.122 e. The highest BCUT2D eigenvalue weighted by molar-refractivity contribution is 6.30. The summed E-state index contributed by atoms with van der Waals surface area (Å²) in [5, 5.41) is 0.724. The summed E-state index contributed by atoms with van der Waals surface area (Å²) in [5.74, 6) is 3.36. The number of benzene rings is 1. The van der Waals surface area contributed by atoms with Gasteiger partial charge in [0.2, 0.25) is 0 Å². The lowest BCUT2D eigenvalue weighted by molar-refractivity contribution is 0.325. The topological polar surface area (TPSA) is 9.23 Å². The number of aryl methyl sites for hydroxylation is 1. The molecule has 2 heteroatoms. The lowest BCUT2D eigenvalue weighted by Gasteiger charge is -2.07. The van der Waals surface area contributed by atoms with Crippen LogP contribution in [0.2, 0.25) is 5.02 Å². The van der Waals surface area contributed by atoms with E-state index in [-0.39, 0.29) is 0 Å². The van der Waals surface area contributed by atoms with Crippen molar-refractivity contribution in [2.75, 3.05) is 6.61 Å². The van der Waals surface area contributed by atoms with Crippen LogP contribution >= 0.6 is 11.6 Å². The third-order valence-corrected chi connectivity index (χ3v) is 1.88. The highest BCUT2D eigenvalue weighted by Gasteiger charge is 1.98. The van der Waals surface area contributed by atoms with E-state index in [4.69, 9.17) is 22.8 Å². The summed E-state index contributed by atoms with van der Waals surface area (Å²) in [5.41, 5.74) is 1.03. The Kier molecular flexibility index (Phi) is 3.67. The van der Waals surface area contributed by atoms with E-state index in [0.717, 1.165) is 16.3 Å². The van der Waals surface area contributed by atoms with Crippen molar-refractivity contribution in [1.29, 1.82) is 0 Å². The SMILES string of the molecule is C#CCCOc1ccc(Cl)cc1C. The monoisotopic (exact) mass is 194 g/mol. The molecule has 1 rings (SSSR count). The first kappa shape index (κ1) is 9.95. The molecule has 0 radical (unpaired) electrons. The van der Waals surface area contributed by atoms with E-state index in [9.17, 15) is 0 Å². The second kappa shape index (κ2) is 4.79. The molecule has 0 unspecified atom stereocenters. The van der Waals surface area contributed by atoms with Crippen LogP contribution in [0.3, 0.4) is 0 Å². The van der Waals surface area contributed by atoms with Gasteiger partial charge in [-0.15, -0.1) is 12.3 Å². The van der Waals surface area contributed by atoms with Gasteiger partial charge in [-0.3, -0.25) is 0 Å². The predicted octanol–water partition coefficient (Wildman–Crippen LogP) is 3.05. The lowest BCUT2D eigenvalue weighted by Crippen LogP contribution is -1.97. The summed E-state index contributed by atoms with van der Waals surface area (Å²) >= 11 is 5.79. The maximum absolute atomic E-state index is 5.79. The molecule has 0 atom stereocenters. The summed E-state index contributed by atoms with van der Waals surface area (Å²) in [7, 11) is 0. The van der Waals surface area contributed by atoms with Crippen LogP contribution in [0.25, 0.3) is 0 Å². The van der Waals surface area contributed by atoms with Crippen molar-refractivity contribution >= 4 is 11.6 Å². The second-order valence-corrected chi connectivity index (χ2v) is 3.15. The van der Waals surface area contributed by atoms with Gasteiger partial charge >= 0.3 is 0 Å². The predicted molar refractivity (Wildman–Crippen MR) is 55.1 cm³/mol. The molecule has 68 valence electrons.